The molecular weight excluding hydrogens is 226 g/mol. The predicted octanol–water partition coefficient (Wildman–Crippen LogP) is 0.597. The summed E-state index contributed by atoms with van der Waals surface area (Å²) in [7, 11) is 0. The Balaban J connectivity index is 1.55. The lowest BCUT2D eigenvalue weighted by Gasteiger charge is -2.50. The van der Waals surface area contributed by atoms with Gasteiger partial charge in [0.2, 0.25) is 0 Å². The first-order valence-electron chi connectivity index (χ1n) is 6.92. The molecule has 0 amide bonds. The molecule has 4 N–H and O–H groups in total. The van der Waals surface area contributed by atoms with Crippen LogP contribution in [0.1, 0.15) is 19.3 Å². The molecule has 3 rings (SSSR count). The summed E-state index contributed by atoms with van der Waals surface area (Å²) in [5, 5.41) is 0. The van der Waals surface area contributed by atoms with Crippen LogP contribution in [0, 0.1) is 5.92 Å². The minimum absolute atomic E-state index is 0.207. The number of hydrogen-bond acceptors (Lipinski definition) is 4. The van der Waals surface area contributed by atoms with Gasteiger partial charge in [-0.25, -0.2) is 0 Å². The second kappa shape index (κ2) is 4.68. The Bertz CT molecular complexity index is 367. The molecule has 4 heteroatoms. The third-order valence-electron chi connectivity index (χ3n) is 4.66. The highest BCUT2D eigenvalue weighted by molar-refractivity contribution is 5.27. The standard InChI is InChI=1S/C14H23N3O/c15-12-2-1-3-14(16,10-12)11-8-13(9-11)17-4-6-18-7-5-17/h1-3,11,13H,4-10,15-16H2. The van der Waals surface area contributed by atoms with E-state index in [9.17, 15) is 0 Å². The van der Waals surface area contributed by atoms with Gasteiger partial charge < -0.3 is 16.2 Å². The van der Waals surface area contributed by atoms with Crippen molar-refractivity contribution in [3.05, 3.63) is 23.9 Å². The van der Waals surface area contributed by atoms with Crippen molar-refractivity contribution in [2.24, 2.45) is 17.4 Å². The van der Waals surface area contributed by atoms with E-state index in [0.717, 1.165) is 38.4 Å². The summed E-state index contributed by atoms with van der Waals surface area (Å²) >= 11 is 0. The molecule has 0 spiro atoms. The Morgan fingerprint density at radius 1 is 1.28 bits per heavy atom. The zero-order chi connectivity index (χ0) is 12.6. The Hall–Kier alpha value is -0.840. The van der Waals surface area contributed by atoms with Crippen LogP contribution < -0.4 is 11.5 Å². The van der Waals surface area contributed by atoms with Gasteiger partial charge in [0.25, 0.3) is 0 Å². The number of rotatable bonds is 2. The molecule has 1 atom stereocenters. The molecule has 18 heavy (non-hydrogen) atoms. The van der Waals surface area contributed by atoms with Crippen molar-refractivity contribution in [3.63, 3.8) is 0 Å². The summed E-state index contributed by atoms with van der Waals surface area (Å²) in [5.74, 6) is 0.578. The van der Waals surface area contributed by atoms with Crippen molar-refractivity contribution in [2.45, 2.75) is 30.8 Å². The van der Waals surface area contributed by atoms with Gasteiger partial charge in [-0.15, -0.1) is 0 Å². The molecule has 1 aliphatic heterocycles. The fourth-order valence-electron chi connectivity index (χ4n) is 3.37. The quantitative estimate of drug-likeness (QED) is 0.752. The zero-order valence-electron chi connectivity index (χ0n) is 10.8. The Labute approximate surface area is 109 Å². The summed E-state index contributed by atoms with van der Waals surface area (Å²) in [6.07, 6.45) is 9.33. The first kappa shape index (κ1) is 12.2. The molecule has 0 bridgehead atoms. The number of nitrogens with zero attached hydrogens (tertiary/aromatic N) is 1. The van der Waals surface area contributed by atoms with Gasteiger partial charge >= 0.3 is 0 Å². The number of morpholine rings is 1. The van der Waals surface area contributed by atoms with Gasteiger partial charge in [-0.3, -0.25) is 4.90 Å². The molecule has 100 valence electrons. The maximum atomic E-state index is 6.50. The number of ether oxygens (including phenoxy) is 1. The smallest absolute Gasteiger partial charge is 0.0594 e. The summed E-state index contributed by atoms with van der Waals surface area (Å²) < 4.78 is 5.39. The number of hydrogen-bond donors (Lipinski definition) is 2. The van der Waals surface area contributed by atoms with E-state index in [0.29, 0.717) is 12.0 Å². The average Bonchev–Trinajstić information content (AvgIpc) is 2.27. The van der Waals surface area contributed by atoms with E-state index in [1.54, 1.807) is 0 Å². The van der Waals surface area contributed by atoms with Crippen LogP contribution in [0.4, 0.5) is 0 Å². The highest BCUT2D eigenvalue weighted by Gasteiger charge is 2.44. The molecule has 1 heterocycles. The zero-order valence-corrected chi connectivity index (χ0v) is 10.8. The van der Waals surface area contributed by atoms with E-state index in [4.69, 9.17) is 16.2 Å². The second-order valence-corrected chi connectivity index (χ2v) is 5.86. The minimum Gasteiger partial charge on any atom is -0.402 e. The van der Waals surface area contributed by atoms with Gasteiger partial charge in [-0.1, -0.05) is 12.2 Å². The first-order chi connectivity index (χ1) is 8.67. The lowest BCUT2D eigenvalue weighted by molar-refractivity contribution is -0.0267. The molecule has 1 saturated heterocycles. The average molecular weight is 249 g/mol. The molecule has 2 fully saturated rings. The van der Waals surface area contributed by atoms with E-state index >= 15 is 0 Å². The normalized spacial score (nSPS) is 41.3. The van der Waals surface area contributed by atoms with Crippen LogP contribution in [0.2, 0.25) is 0 Å². The molecule has 0 aromatic rings. The second-order valence-electron chi connectivity index (χ2n) is 5.86. The van der Waals surface area contributed by atoms with Crippen LogP contribution in [0.25, 0.3) is 0 Å². The predicted molar refractivity (Wildman–Crippen MR) is 71.8 cm³/mol. The summed E-state index contributed by atoms with van der Waals surface area (Å²) in [6.45, 7) is 3.91. The fraction of sp³-hybridized carbons (Fsp3) is 0.714. The summed E-state index contributed by atoms with van der Waals surface area (Å²) in [5.41, 5.74) is 13.1. The lowest BCUT2D eigenvalue weighted by atomic mass is 9.65. The van der Waals surface area contributed by atoms with Gasteiger partial charge in [0.1, 0.15) is 0 Å². The van der Waals surface area contributed by atoms with Crippen LogP contribution in [0.5, 0.6) is 0 Å². The molecule has 0 radical (unpaired) electrons. The lowest BCUT2D eigenvalue weighted by Crippen LogP contribution is -2.58. The van der Waals surface area contributed by atoms with Crippen molar-refractivity contribution in [1.29, 1.82) is 0 Å². The fourth-order valence-corrected chi connectivity index (χ4v) is 3.37. The molecule has 2 aliphatic carbocycles. The largest absolute Gasteiger partial charge is 0.402 e. The summed E-state index contributed by atoms with van der Waals surface area (Å²) in [6, 6.07) is 0.708. The van der Waals surface area contributed by atoms with Crippen LogP contribution >= 0.6 is 0 Å². The molecule has 3 aliphatic rings. The first-order valence-corrected chi connectivity index (χ1v) is 6.92. The molecule has 0 aromatic heterocycles. The van der Waals surface area contributed by atoms with Crippen LogP contribution in [-0.4, -0.2) is 42.8 Å². The third kappa shape index (κ3) is 2.20. The van der Waals surface area contributed by atoms with Gasteiger partial charge in [-0.2, -0.15) is 0 Å². The number of allylic oxidation sites excluding steroid dienone is 2. The van der Waals surface area contributed by atoms with Gasteiger partial charge in [0.15, 0.2) is 0 Å². The Morgan fingerprint density at radius 3 is 2.67 bits per heavy atom. The molecule has 4 nitrogen and oxygen atoms in total. The molecule has 0 aromatic carbocycles. The van der Waals surface area contributed by atoms with Gasteiger partial charge in [-0.05, 0) is 24.8 Å². The Morgan fingerprint density at radius 2 is 2.00 bits per heavy atom. The van der Waals surface area contributed by atoms with Crippen LogP contribution in [0.15, 0.2) is 23.9 Å². The van der Waals surface area contributed by atoms with Crippen molar-refractivity contribution in [3.8, 4) is 0 Å². The van der Waals surface area contributed by atoms with E-state index in [1.807, 2.05) is 12.2 Å². The van der Waals surface area contributed by atoms with Crippen LogP contribution in [-0.2, 0) is 4.74 Å². The van der Waals surface area contributed by atoms with Crippen LogP contribution in [0.3, 0.4) is 0 Å². The van der Waals surface area contributed by atoms with Crippen molar-refractivity contribution >= 4 is 0 Å². The topological polar surface area (TPSA) is 64.5 Å². The maximum absolute atomic E-state index is 6.50. The molecule has 1 unspecified atom stereocenters. The minimum atomic E-state index is -0.207. The van der Waals surface area contributed by atoms with Crippen molar-refractivity contribution in [2.75, 3.05) is 26.3 Å². The summed E-state index contributed by atoms with van der Waals surface area (Å²) in [4.78, 5) is 2.55. The monoisotopic (exact) mass is 249 g/mol. The van der Waals surface area contributed by atoms with E-state index < -0.39 is 0 Å². The Kier molecular flexibility index (Phi) is 3.18. The SMILES string of the molecule is NC1=CC=CC(N)(C2CC(N3CCOCC3)C2)C1. The molecule has 1 saturated carbocycles. The van der Waals surface area contributed by atoms with E-state index in [2.05, 4.69) is 11.0 Å². The molecular formula is C14H23N3O. The van der Waals surface area contributed by atoms with Crippen molar-refractivity contribution < 1.29 is 4.74 Å². The third-order valence-corrected chi connectivity index (χ3v) is 4.66. The number of nitrogens with two attached hydrogens (primary N) is 2. The van der Waals surface area contributed by atoms with Gasteiger partial charge in [0.05, 0.1) is 13.2 Å². The van der Waals surface area contributed by atoms with E-state index in [-0.39, 0.29) is 5.54 Å². The van der Waals surface area contributed by atoms with Gasteiger partial charge in [0, 0.05) is 36.8 Å². The maximum Gasteiger partial charge on any atom is 0.0594 e. The van der Waals surface area contributed by atoms with E-state index in [1.165, 1.54) is 12.8 Å². The highest BCUT2D eigenvalue weighted by Crippen LogP contribution is 2.42. The highest BCUT2D eigenvalue weighted by atomic mass is 16.5. The van der Waals surface area contributed by atoms with Crippen molar-refractivity contribution in [1.82, 2.24) is 4.90 Å².